The number of hydrogen-bond donors (Lipinski definition) is 3. The fourth-order valence-electron chi connectivity index (χ4n) is 2.42. The van der Waals surface area contributed by atoms with E-state index in [-0.39, 0.29) is 11.6 Å². The third-order valence-corrected chi connectivity index (χ3v) is 3.67. The van der Waals surface area contributed by atoms with E-state index < -0.39 is 11.5 Å². The molecule has 0 saturated carbocycles. The molecule has 110 valence electrons. The average Bonchev–Trinajstić information content (AvgIpc) is 3.08. The molecule has 1 aliphatic heterocycles. The molecule has 20 heavy (non-hydrogen) atoms. The predicted molar refractivity (Wildman–Crippen MR) is 70.2 cm³/mol. The second kappa shape index (κ2) is 6.00. The number of amides is 1. The number of carbonyl (C=O) groups excluding carboxylic acids is 1. The quantitative estimate of drug-likeness (QED) is 0.656. The van der Waals surface area contributed by atoms with Crippen molar-refractivity contribution in [1.82, 2.24) is 25.6 Å². The number of carbonyl (C=O) groups is 2. The zero-order chi connectivity index (χ0) is 14.6. The van der Waals surface area contributed by atoms with Crippen molar-refractivity contribution >= 4 is 11.9 Å². The summed E-state index contributed by atoms with van der Waals surface area (Å²) in [6.45, 7) is 3.65. The second-order valence-electron chi connectivity index (χ2n) is 4.89. The van der Waals surface area contributed by atoms with Gasteiger partial charge in [-0.3, -0.25) is 4.79 Å². The number of carboxylic acid groups (broad SMARTS) is 1. The Kier molecular flexibility index (Phi) is 4.33. The Morgan fingerprint density at radius 2 is 2.40 bits per heavy atom. The number of nitrogens with zero attached hydrogens (tertiary/aromatic N) is 3. The molecule has 1 aromatic rings. The highest BCUT2D eigenvalue weighted by molar-refractivity contribution is 5.86. The van der Waals surface area contributed by atoms with E-state index in [1.807, 2.05) is 6.92 Å². The molecule has 8 nitrogen and oxygen atoms in total. The van der Waals surface area contributed by atoms with E-state index in [4.69, 9.17) is 5.11 Å². The van der Waals surface area contributed by atoms with Gasteiger partial charge < -0.3 is 15.7 Å². The van der Waals surface area contributed by atoms with Crippen LogP contribution in [0.15, 0.2) is 6.20 Å². The van der Waals surface area contributed by atoms with Crippen LogP contribution in [0.1, 0.15) is 36.7 Å². The van der Waals surface area contributed by atoms with E-state index in [9.17, 15) is 9.59 Å². The first-order chi connectivity index (χ1) is 9.57. The van der Waals surface area contributed by atoms with E-state index >= 15 is 0 Å². The Morgan fingerprint density at radius 1 is 1.60 bits per heavy atom. The van der Waals surface area contributed by atoms with Crippen molar-refractivity contribution in [3.8, 4) is 0 Å². The molecule has 2 rings (SSSR count). The topological polar surface area (TPSA) is 109 Å². The summed E-state index contributed by atoms with van der Waals surface area (Å²) < 4.78 is 1.41. The smallest absolute Gasteiger partial charge is 0.358 e. The van der Waals surface area contributed by atoms with Gasteiger partial charge in [-0.1, -0.05) is 12.1 Å². The Morgan fingerprint density at radius 3 is 2.95 bits per heavy atom. The molecular formula is C12H19N5O3. The Bertz CT molecular complexity index is 493. The van der Waals surface area contributed by atoms with Gasteiger partial charge in [0.1, 0.15) is 0 Å². The molecule has 1 unspecified atom stereocenters. The van der Waals surface area contributed by atoms with Gasteiger partial charge >= 0.3 is 5.97 Å². The molecule has 1 aliphatic rings. The summed E-state index contributed by atoms with van der Waals surface area (Å²) >= 11 is 0. The first-order valence-electron chi connectivity index (χ1n) is 6.74. The standard InChI is InChI=1S/C12H19N5O3/c1-2-12(4-3-5-14-12)11(20)13-6-7-17-8-9(10(18)19)15-16-17/h8,14H,2-7H2,1H3,(H,13,20)(H,18,19). The Labute approximate surface area is 116 Å². The van der Waals surface area contributed by atoms with Crippen molar-refractivity contribution in [2.45, 2.75) is 38.3 Å². The van der Waals surface area contributed by atoms with E-state index in [2.05, 4.69) is 20.9 Å². The number of carboxylic acids is 1. The van der Waals surface area contributed by atoms with Crippen LogP contribution in [0.5, 0.6) is 0 Å². The molecule has 0 radical (unpaired) electrons. The van der Waals surface area contributed by atoms with Crippen molar-refractivity contribution in [1.29, 1.82) is 0 Å². The molecule has 0 bridgehead atoms. The minimum Gasteiger partial charge on any atom is -0.476 e. The maximum Gasteiger partial charge on any atom is 0.358 e. The number of aromatic nitrogens is 3. The summed E-state index contributed by atoms with van der Waals surface area (Å²) in [4.78, 5) is 22.8. The first-order valence-corrected chi connectivity index (χ1v) is 6.74. The van der Waals surface area contributed by atoms with Gasteiger partial charge in [-0.15, -0.1) is 5.10 Å². The van der Waals surface area contributed by atoms with Crippen LogP contribution < -0.4 is 10.6 Å². The highest BCUT2D eigenvalue weighted by Crippen LogP contribution is 2.22. The van der Waals surface area contributed by atoms with Crippen molar-refractivity contribution in [2.75, 3.05) is 13.1 Å². The van der Waals surface area contributed by atoms with Crippen LogP contribution in [-0.2, 0) is 11.3 Å². The summed E-state index contributed by atoms with van der Waals surface area (Å²) in [5, 5.41) is 22.1. The lowest BCUT2D eigenvalue weighted by atomic mass is 9.93. The third kappa shape index (κ3) is 2.96. The maximum atomic E-state index is 12.2. The van der Waals surface area contributed by atoms with Crippen molar-refractivity contribution in [3.05, 3.63) is 11.9 Å². The molecule has 1 saturated heterocycles. The largest absolute Gasteiger partial charge is 0.476 e. The van der Waals surface area contributed by atoms with Crippen molar-refractivity contribution in [3.63, 3.8) is 0 Å². The van der Waals surface area contributed by atoms with Gasteiger partial charge in [0, 0.05) is 6.54 Å². The lowest BCUT2D eigenvalue weighted by Gasteiger charge is -2.26. The second-order valence-corrected chi connectivity index (χ2v) is 4.89. The number of hydrogen-bond acceptors (Lipinski definition) is 5. The van der Waals surface area contributed by atoms with Gasteiger partial charge in [0.15, 0.2) is 5.69 Å². The summed E-state index contributed by atoms with van der Waals surface area (Å²) in [5.74, 6) is -1.11. The van der Waals surface area contributed by atoms with Crippen molar-refractivity contribution < 1.29 is 14.7 Å². The summed E-state index contributed by atoms with van der Waals surface area (Å²) in [5.41, 5.74) is -0.548. The van der Waals surface area contributed by atoms with E-state index in [0.29, 0.717) is 13.1 Å². The van der Waals surface area contributed by atoms with Gasteiger partial charge in [-0.25, -0.2) is 9.48 Å². The van der Waals surface area contributed by atoms with Crippen molar-refractivity contribution in [2.24, 2.45) is 0 Å². The fourth-order valence-corrected chi connectivity index (χ4v) is 2.42. The highest BCUT2D eigenvalue weighted by Gasteiger charge is 2.38. The number of nitrogens with one attached hydrogen (secondary N) is 2. The molecule has 1 aromatic heterocycles. The van der Waals surface area contributed by atoms with Gasteiger partial charge in [-0.05, 0) is 25.8 Å². The lowest BCUT2D eigenvalue weighted by molar-refractivity contribution is -0.127. The van der Waals surface area contributed by atoms with Gasteiger partial charge in [0.2, 0.25) is 5.91 Å². The van der Waals surface area contributed by atoms with Crippen LogP contribution >= 0.6 is 0 Å². The SMILES string of the molecule is CCC1(C(=O)NCCn2cc(C(=O)O)nn2)CCCN1. The minimum absolute atomic E-state index is 0.00364. The normalized spacial score (nSPS) is 21.9. The Hall–Kier alpha value is -1.96. The maximum absolute atomic E-state index is 12.2. The van der Waals surface area contributed by atoms with E-state index in [0.717, 1.165) is 25.8 Å². The zero-order valence-corrected chi connectivity index (χ0v) is 11.4. The van der Waals surface area contributed by atoms with Crippen LogP contribution in [0, 0.1) is 0 Å². The molecule has 3 N–H and O–H groups in total. The lowest BCUT2D eigenvalue weighted by Crippen LogP contribution is -2.53. The van der Waals surface area contributed by atoms with Crippen LogP contribution in [-0.4, -0.2) is 50.6 Å². The molecule has 1 atom stereocenters. The molecule has 1 fully saturated rings. The zero-order valence-electron chi connectivity index (χ0n) is 11.4. The molecule has 1 amide bonds. The van der Waals surface area contributed by atoms with Gasteiger partial charge in [0.25, 0.3) is 0 Å². The van der Waals surface area contributed by atoms with Crippen LogP contribution in [0.25, 0.3) is 0 Å². The van der Waals surface area contributed by atoms with Gasteiger partial charge in [-0.2, -0.15) is 0 Å². The number of aromatic carboxylic acids is 1. The summed E-state index contributed by atoms with van der Waals surface area (Å²) in [7, 11) is 0. The van der Waals surface area contributed by atoms with Crippen LogP contribution in [0.4, 0.5) is 0 Å². The number of rotatable bonds is 6. The minimum atomic E-state index is -1.11. The monoisotopic (exact) mass is 281 g/mol. The van der Waals surface area contributed by atoms with Crippen LogP contribution in [0.2, 0.25) is 0 Å². The third-order valence-electron chi connectivity index (χ3n) is 3.67. The molecule has 2 heterocycles. The van der Waals surface area contributed by atoms with E-state index in [1.165, 1.54) is 10.9 Å². The summed E-state index contributed by atoms with van der Waals surface area (Å²) in [6.07, 6.45) is 3.96. The Balaban J connectivity index is 1.83. The molecule has 8 heteroatoms. The van der Waals surface area contributed by atoms with Gasteiger partial charge in [0.05, 0.1) is 18.3 Å². The molecule has 0 aromatic carbocycles. The first kappa shape index (κ1) is 14.4. The summed E-state index contributed by atoms with van der Waals surface area (Å²) in [6, 6.07) is 0. The molecule has 0 aliphatic carbocycles. The molecule has 0 spiro atoms. The average molecular weight is 281 g/mol. The van der Waals surface area contributed by atoms with E-state index in [1.54, 1.807) is 0 Å². The molecular weight excluding hydrogens is 262 g/mol. The predicted octanol–water partition coefficient (Wildman–Crippen LogP) is -0.375. The highest BCUT2D eigenvalue weighted by atomic mass is 16.4. The fraction of sp³-hybridized carbons (Fsp3) is 0.667. The van der Waals surface area contributed by atoms with Crippen LogP contribution in [0.3, 0.4) is 0 Å².